The van der Waals surface area contributed by atoms with E-state index in [-0.39, 0.29) is 5.78 Å². The first-order valence-electron chi connectivity index (χ1n) is 6.57. The van der Waals surface area contributed by atoms with E-state index < -0.39 is 0 Å². The first-order chi connectivity index (χ1) is 9.33. The van der Waals surface area contributed by atoms with Gasteiger partial charge in [0, 0.05) is 30.9 Å². The van der Waals surface area contributed by atoms with Gasteiger partial charge in [-0.15, -0.1) is 0 Å². The second-order valence-corrected chi connectivity index (χ2v) is 4.87. The maximum absolute atomic E-state index is 12.3. The van der Waals surface area contributed by atoms with Crippen molar-refractivity contribution in [2.75, 3.05) is 6.54 Å². The fraction of sp³-hybridized carbons (Fsp3) is 0.250. The lowest BCUT2D eigenvalue weighted by Gasteiger charge is -2.17. The third kappa shape index (κ3) is 2.71. The second kappa shape index (κ2) is 5.33. The number of aromatic nitrogens is 1. The molecule has 0 saturated carbocycles. The maximum Gasteiger partial charge on any atom is 0.167 e. The van der Waals surface area contributed by atoms with Crippen LogP contribution in [0.4, 0.5) is 0 Å². The molecule has 0 amide bonds. The number of fused-ring (bicyclic) bond motifs is 1. The summed E-state index contributed by atoms with van der Waals surface area (Å²) in [6.45, 7) is 1.89. The van der Waals surface area contributed by atoms with Crippen molar-refractivity contribution in [1.29, 1.82) is 0 Å². The molecule has 1 N–H and O–H groups in total. The van der Waals surface area contributed by atoms with Crippen molar-refractivity contribution < 1.29 is 4.79 Å². The summed E-state index contributed by atoms with van der Waals surface area (Å²) in [5.74, 6) is 0.166. The van der Waals surface area contributed by atoms with Crippen molar-refractivity contribution in [2.24, 2.45) is 0 Å². The van der Waals surface area contributed by atoms with Gasteiger partial charge in [-0.05, 0) is 47.9 Å². The Kier molecular flexibility index (Phi) is 3.38. The number of hydrogen-bond acceptors (Lipinski definition) is 3. The molecule has 19 heavy (non-hydrogen) atoms. The van der Waals surface area contributed by atoms with E-state index in [1.54, 1.807) is 12.4 Å². The second-order valence-electron chi connectivity index (χ2n) is 4.87. The zero-order valence-electron chi connectivity index (χ0n) is 10.7. The quantitative estimate of drug-likeness (QED) is 0.851. The van der Waals surface area contributed by atoms with Crippen LogP contribution in [0.5, 0.6) is 0 Å². The van der Waals surface area contributed by atoms with Crippen molar-refractivity contribution >= 4 is 5.78 Å². The molecule has 0 unspecified atom stereocenters. The summed E-state index contributed by atoms with van der Waals surface area (Å²) < 4.78 is 0. The molecule has 0 fully saturated rings. The largest absolute Gasteiger partial charge is 0.312 e. The number of rotatable bonds is 3. The minimum absolute atomic E-state index is 0.166. The molecule has 1 aliphatic heterocycles. The Morgan fingerprint density at radius 1 is 1.16 bits per heavy atom. The Bertz CT molecular complexity index is 593. The summed E-state index contributed by atoms with van der Waals surface area (Å²) in [6.07, 6.45) is 4.93. The molecule has 0 saturated heterocycles. The monoisotopic (exact) mass is 252 g/mol. The molecule has 1 aromatic heterocycles. The molecule has 0 radical (unpaired) electrons. The van der Waals surface area contributed by atoms with Gasteiger partial charge in [-0.1, -0.05) is 12.1 Å². The van der Waals surface area contributed by atoms with Gasteiger partial charge in [-0.2, -0.15) is 0 Å². The first-order valence-corrected chi connectivity index (χ1v) is 6.57. The van der Waals surface area contributed by atoms with E-state index in [0.717, 1.165) is 30.6 Å². The summed E-state index contributed by atoms with van der Waals surface area (Å²) >= 11 is 0. The van der Waals surface area contributed by atoms with Gasteiger partial charge in [-0.25, -0.2) is 0 Å². The highest BCUT2D eigenvalue weighted by Crippen LogP contribution is 2.17. The maximum atomic E-state index is 12.3. The SMILES string of the molecule is O=C(Cc1ccncc1)c1ccc2c(c1)CNCC2. The molecule has 3 nitrogen and oxygen atoms in total. The van der Waals surface area contributed by atoms with E-state index in [1.165, 1.54) is 11.1 Å². The van der Waals surface area contributed by atoms with E-state index >= 15 is 0 Å². The average molecular weight is 252 g/mol. The topological polar surface area (TPSA) is 42.0 Å². The molecule has 2 heterocycles. The summed E-state index contributed by atoms with van der Waals surface area (Å²) in [5.41, 5.74) is 4.43. The fourth-order valence-electron chi connectivity index (χ4n) is 2.44. The van der Waals surface area contributed by atoms with Gasteiger partial charge in [0.2, 0.25) is 0 Å². The molecule has 0 atom stereocenters. The van der Waals surface area contributed by atoms with Crippen molar-refractivity contribution in [1.82, 2.24) is 10.3 Å². The first kappa shape index (κ1) is 12.1. The number of pyridine rings is 1. The lowest BCUT2D eigenvalue weighted by atomic mass is 9.95. The Balaban J connectivity index is 1.80. The summed E-state index contributed by atoms with van der Waals surface area (Å²) in [6, 6.07) is 9.85. The summed E-state index contributed by atoms with van der Waals surface area (Å²) in [5, 5.41) is 3.34. The van der Waals surface area contributed by atoms with Gasteiger partial charge >= 0.3 is 0 Å². The van der Waals surface area contributed by atoms with Crippen molar-refractivity contribution in [3.63, 3.8) is 0 Å². The van der Waals surface area contributed by atoms with E-state index in [0.29, 0.717) is 6.42 Å². The fourth-order valence-corrected chi connectivity index (χ4v) is 2.44. The number of nitrogens with zero attached hydrogens (tertiary/aromatic N) is 1. The smallest absolute Gasteiger partial charge is 0.167 e. The number of carbonyl (C=O) groups excluding carboxylic acids is 1. The molecule has 0 spiro atoms. The van der Waals surface area contributed by atoms with Crippen LogP contribution < -0.4 is 5.32 Å². The molecule has 3 heteroatoms. The third-order valence-corrected chi connectivity index (χ3v) is 3.53. The van der Waals surface area contributed by atoms with Gasteiger partial charge in [0.15, 0.2) is 5.78 Å². The highest BCUT2D eigenvalue weighted by atomic mass is 16.1. The summed E-state index contributed by atoms with van der Waals surface area (Å²) in [7, 11) is 0. The van der Waals surface area contributed by atoms with Crippen LogP contribution >= 0.6 is 0 Å². The Hall–Kier alpha value is -2.00. The van der Waals surface area contributed by atoms with Crippen molar-refractivity contribution in [2.45, 2.75) is 19.4 Å². The molecule has 96 valence electrons. The third-order valence-electron chi connectivity index (χ3n) is 3.53. The minimum Gasteiger partial charge on any atom is -0.312 e. The minimum atomic E-state index is 0.166. The predicted molar refractivity (Wildman–Crippen MR) is 74.1 cm³/mol. The zero-order valence-corrected chi connectivity index (χ0v) is 10.7. The number of nitrogens with one attached hydrogen (secondary N) is 1. The van der Waals surface area contributed by atoms with Gasteiger partial charge in [0.25, 0.3) is 0 Å². The Morgan fingerprint density at radius 3 is 2.84 bits per heavy atom. The Morgan fingerprint density at radius 2 is 2.00 bits per heavy atom. The van der Waals surface area contributed by atoms with Crippen LogP contribution in [0.1, 0.15) is 27.0 Å². The van der Waals surface area contributed by atoms with Gasteiger partial charge in [0.05, 0.1) is 0 Å². The number of carbonyl (C=O) groups is 1. The molecule has 1 aliphatic rings. The van der Waals surface area contributed by atoms with Crippen LogP contribution in [0, 0.1) is 0 Å². The average Bonchev–Trinajstić information content (AvgIpc) is 2.48. The van der Waals surface area contributed by atoms with Crippen LogP contribution in [-0.2, 0) is 19.4 Å². The van der Waals surface area contributed by atoms with E-state index in [4.69, 9.17) is 0 Å². The summed E-state index contributed by atoms with van der Waals surface area (Å²) in [4.78, 5) is 16.2. The molecule has 3 rings (SSSR count). The van der Waals surface area contributed by atoms with E-state index in [1.807, 2.05) is 24.3 Å². The van der Waals surface area contributed by atoms with Crippen LogP contribution in [-0.4, -0.2) is 17.3 Å². The van der Waals surface area contributed by atoms with Gasteiger partial charge in [0.1, 0.15) is 0 Å². The van der Waals surface area contributed by atoms with E-state index in [9.17, 15) is 4.79 Å². The molecular formula is C16H16N2O. The normalized spacial score (nSPS) is 13.9. The van der Waals surface area contributed by atoms with Crippen LogP contribution in [0.3, 0.4) is 0 Å². The lowest BCUT2D eigenvalue weighted by Crippen LogP contribution is -2.23. The van der Waals surface area contributed by atoms with Crippen molar-refractivity contribution in [3.8, 4) is 0 Å². The van der Waals surface area contributed by atoms with E-state index in [2.05, 4.69) is 16.4 Å². The molecule has 0 bridgehead atoms. The molecule has 0 aliphatic carbocycles. The van der Waals surface area contributed by atoms with Gasteiger partial charge in [-0.3, -0.25) is 9.78 Å². The standard InChI is InChI=1S/C16H16N2O/c19-16(9-12-3-6-17-7-4-12)14-2-1-13-5-8-18-11-15(13)10-14/h1-4,6-7,10,18H,5,8-9,11H2. The number of Topliss-reactive ketones (excluding diaryl/α,β-unsaturated/α-hetero) is 1. The van der Waals surface area contributed by atoms with Crippen LogP contribution in [0.15, 0.2) is 42.7 Å². The van der Waals surface area contributed by atoms with Crippen LogP contribution in [0.25, 0.3) is 0 Å². The molecule has 2 aromatic rings. The number of ketones is 1. The van der Waals surface area contributed by atoms with Crippen LogP contribution in [0.2, 0.25) is 0 Å². The number of benzene rings is 1. The predicted octanol–water partition coefficient (Wildman–Crippen LogP) is 2.15. The van der Waals surface area contributed by atoms with Gasteiger partial charge < -0.3 is 5.32 Å². The lowest BCUT2D eigenvalue weighted by molar-refractivity contribution is 0.0993. The Labute approximate surface area is 112 Å². The highest BCUT2D eigenvalue weighted by Gasteiger charge is 2.12. The van der Waals surface area contributed by atoms with Crippen molar-refractivity contribution in [3.05, 3.63) is 65.0 Å². The highest BCUT2D eigenvalue weighted by molar-refractivity contribution is 5.97. The zero-order chi connectivity index (χ0) is 13.1. The molecule has 1 aromatic carbocycles. The number of hydrogen-bond donors (Lipinski definition) is 1. The molecular weight excluding hydrogens is 236 g/mol.